The number of carbonyl (C=O) groups excluding carboxylic acids is 1. The van der Waals surface area contributed by atoms with Gasteiger partial charge in [-0.3, -0.25) is 12.9 Å². The molecule has 1 saturated heterocycles. The van der Waals surface area contributed by atoms with Crippen LogP contribution in [0.5, 0.6) is 0 Å². The second-order valence-electron chi connectivity index (χ2n) is 7.46. The van der Waals surface area contributed by atoms with Crippen LogP contribution in [0.15, 0.2) is 42.5 Å². The van der Waals surface area contributed by atoms with E-state index in [-0.39, 0.29) is 6.09 Å². The third-order valence-corrected chi connectivity index (χ3v) is 6.12. The Hall–Kier alpha value is -3.16. The fraction of sp³-hybridized carbons (Fsp3) is 0.391. The molecule has 0 bridgehead atoms. The highest BCUT2D eigenvalue weighted by molar-refractivity contribution is 7.81. The average Bonchev–Trinajstić information content (AvgIpc) is 2.83. The summed E-state index contributed by atoms with van der Waals surface area (Å²) in [5.74, 6) is 0. The van der Waals surface area contributed by atoms with Gasteiger partial charge in [-0.1, -0.05) is 12.1 Å². The van der Waals surface area contributed by atoms with E-state index in [2.05, 4.69) is 6.07 Å². The Labute approximate surface area is 195 Å². The maximum absolute atomic E-state index is 12.4. The molecule has 1 amide bonds. The molecule has 10 heteroatoms. The van der Waals surface area contributed by atoms with Crippen molar-refractivity contribution < 1.29 is 22.7 Å². The Morgan fingerprint density at radius 2 is 1.85 bits per heavy atom. The van der Waals surface area contributed by atoms with E-state index in [1.165, 1.54) is 0 Å². The molecule has 8 nitrogen and oxygen atoms in total. The number of hydrogen-bond donors (Lipinski definition) is 0. The van der Waals surface area contributed by atoms with E-state index in [0.29, 0.717) is 68.3 Å². The molecular formula is C23H26FN4O4S-. The molecular weight excluding hydrogens is 447 g/mol. The topological polar surface area (TPSA) is 99.9 Å². The van der Waals surface area contributed by atoms with Crippen LogP contribution >= 0.6 is 0 Å². The van der Waals surface area contributed by atoms with E-state index in [0.717, 1.165) is 9.87 Å². The summed E-state index contributed by atoms with van der Waals surface area (Å²) in [6.07, 6.45) is 0.642. The first-order valence-corrected chi connectivity index (χ1v) is 11.8. The lowest BCUT2D eigenvalue weighted by Gasteiger charge is -2.36. The smallest absolute Gasteiger partial charge is 0.409 e. The predicted molar refractivity (Wildman–Crippen MR) is 124 cm³/mol. The molecule has 0 aromatic heterocycles. The molecule has 2 aromatic rings. The van der Waals surface area contributed by atoms with Crippen molar-refractivity contribution in [1.29, 1.82) is 5.26 Å². The molecule has 176 valence electrons. The van der Waals surface area contributed by atoms with Crippen molar-refractivity contribution in [3.05, 3.63) is 53.6 Å². The number of piperazine rings is 1. The zero-order valence-corrected chi connectivity index (χ0v) is 19.2. The Bertz CT molecular complexity index is 1020. The van der Waals surface area contributed by atoms with E-state index in [9.17, 15) is 23.2 Å². The van der Waals surface area contributed by atoms with Crippen LogP contribution < -0.4 is 9.21 Å². The maximum atomic E-state index is 12.4. The number of carbonyl (C=O) groups is 1. The minimum atomic E-state index is -2.61. The van der Waals surface area contributed by atoms with Crippen molar-refractivity contribution in [2.24, 2.45) is 0 Å². The summed E-state index contributed by atoms with van der Waals surface area (Å²) in [5.41, 5.74) is 2.70. The Morgan fingerprint density at radius 1 is 1.18 bits per heavy atom. The zero-order valence-electron chi connectivity index (χ0n) is 18.4. The van der Waals surface area contributed by atoms with Gasteiger partial charge in [-0.05, 0) is 55.7 Å². The normalized spacial score (nSPS) is 14.5. The third-order valence-electron chi connectivity index (χ3n) is 5.40. The summed E-state index contributed by atoms with van der Waals surface area (Å²) >= 11 is -2.61. The molecule has 1 aliphatic rings. The van der Waals surface area contributed by atoms with E-state index in [1.807, 2.05) is 4.90 Å². The van der Waals surface area contributed by atoms with Gasteiger partial charge in [0.2, 0.25) is 0 Å². The highest BCUT2D eigenvalue weighted by Crippen LogP contribution is 2.32. The fourth-order valence-corrected chi connectivity index (χ4v) is 4.33. The molecule has 3 rings (SSSR count). The quantitative estimate of drug-likeness (QED) is 0.543. The Kier molecular flexibility index (Phi) is 8.63. The van der Waals surface area contributed by atoms with Gasteiger partial charge in [-0.2, -0.15) is 5.26 Å². The standard InChI is InChI=1S/C23H27FN4O4S/c1-2-32-23(29)27-14-12-26(13-15-27)22-10-9-21(16-19(22)17-25)28(33(30)31)20-7-5-18(6-8-20)4-3-11-24/h5-10,16H,2-4,11-15H2,1H3,(H,30,31)/p-1. The van der Waals surface area contributed by atoms with Crippen molar-refractivity contribution in [2.75, 3.05) is 48.7 Å². The van der Waals surface area contributed by atoms with Gasteiger partial charge in [0.1, 0.15) is 6.07 Å². The highest BCUT2D eigenvalue weighted by atomic mass is 32.2. The lowest BCUT2D eigenvalue weighted by atomic mass is 10.1. The summed E-state index contributed by atoms with van der Waals surface area (Å²) < 4.78 is 42.6. The molecule has 1 aliphatic heterocycles. The van der Waals surface area contributed by atoms with Crippen LogP contribution in [-0.2, 0) is 22.4 Å². The molecule has 1 atom stereocenters. The van der Waals surface area contributed by atoms with Crippen LogP contribution in [0, 0.1) is 11.3 Å². The van der Waals surface area contributed by atoms with Gasteiger partial charge in [0.25, 0.3) is 0 Å². The largest absolute Gasteiger partial charge is 0.755 e. The minimum Gasteiger partial charge on any atom is -0.755 e. The summed E-state index contributed by atoms with van der Waals surface area (Å²) in [4.78, 5) is 15.5. The van der Waals surface area contributed by atoms with E-state index in [4.69, 9.17) is 4.74 Å². The summed E-state index contributed by atoms with van der Waals surface area (Å²) in [6.45, 7) is 3.67. The van der Waals surface area contributed by atoms with Gasteiger partial charge in [-0.25, -0.2) is 4.79 Å². The number of aryl methyl sites for hydroxylation is 1. The van der Waals surface area contributed by atoms with Gasteiger partial charge in [-0.15, -0.1) is 0 Å². The minimum absolute atomic E-state index is 0.316. The number of ether oxygens (including phenoxy) is 1. The number of nitriles is 1. The number of alkyl halides is 1. The molecule has 2 aromatic carbocycles. The molecule has 0 N–H and O–H groups in total. The van der Waals surface area contributed by atoms with E-state index < -0.39 is 17.9 Å². The fourth-order valence-electron chi connectivity index (χ4n) is 3.75. The first-order valence-electron chi connectivity index (χ1n) is 10.7. The first-order chi connectivity index (χ1) is 16.0. The summed E-state index contributed by atoms with van der Waals surface area (Å²) in [5, 5.41) is 9.73. The second kappa shape index (κ2) is 11.6. The van der Waals surface area contributed by atoms with Crippen LogP contribution in [-0.4, -0.2) is 59.2 Å². The lowest BCUT2D eigenvalue weighted by molar-refractivity contribution is 0.105. The lowest BCUT2D eigenvalue weighted by Crippen LogP contribution is -2.49. The maximum Gasteiger partial charge on any atom is 0.409 e. The number of amides is 1. The van der Waals surface area contributed by atoms with Crippen molar-refractivity contribution in [2.45, 2.75) is 19.8 Å². The highest BCUT2D eigenvalue weighted by Gasteiger charge is 2.24. The molecule has 1 heterocycles. The molecule has 33 heavy (non-hydrogen) atoms. The van der Waals surface area contributed by atoms with Crippen molar-refractivity contribution >= 4 is 34.4 Å². The van der Waals surface area contributed by atoms with Gasteiger partial charge >= 0.3 is 6.09 Å². The number of anilines is 3. The monoisotopic (exact) mass is 473 g/mol. The van der Waals surface area contributed by atoms with Crippen LogP contribution in [0.25, 0.3) is 0 Å². The van der Waals surface area contributed by atoms with Crippen LogP contribution in [0.2, 0.25) is 0 Å². The van der Waals surface area contributed by atoms with Gasteiger partial charge in [0.05, 0.1) is 47.2 Å². The molecule has 0 spiro atoms. The summed E-state index contributed by atoms with van der Waals surface area (Å²) in [6, 6.07) is 13.9. The van der Waals surface area contributed by atoms with Crippen LogP contribution in [0.4, 0.5) is 26.2 Å². The first kappa shape index (κ1) is 24.5. The third kappa shape index (κ3) is 6.00. The Morgan fingerprint density at radius 3 is 2.42 bits per heavy atom. The van der Waals surface area contributed by atoms with Crippen molar-refractivity contribution in [1.82, 2.24) is 4.90 Å². The summed E-state index contributed by atoms with van der Waals surface area (Å²) in [7, 11) is 0. The molecule has 0 saturated carbocycles. The predicted octanol–water partition coefficient (Wildman–Crippen LogP) is 3.67. The zero-order chi connectivity index (χ0) is 23.8. The van der Waals surface area contributed by atoms with Gasteiger partial charge < -0.3 is 19.1 Å². The van der Waals surface area contributed by atoms with Crippen molar-refractivity contribution in [3.63, 3.8) is 0 Å². The molecule has 0 radical (unpaired) electrons. The van der Waals surface area contributed by atoms with Crippen LogP contribution in [0.3, 0.4) is 0 Å². The molecule has 0 aliphatic carbocycles. The van der Waals surface area contributed by atoms with E-state index in [1.54, 1.807) is 54.3 Å². The Balaban J connectivity index is 1.79. The average molecular weight is 474 g/mol. The number of hydrogen-bond acceptors (Lipinski definition) is 6. The number of halogens is 1. The van der Waals surface area contributed by atoms with Crippen molar-refractivity contribution in [3.8, 4) is 6.07 Å². The van der Waals surface area contributed by atoms with Gasteiger partial charge in [0, 0.05) is 26.2 Å². The SMILES string of the molecule is CCOC(=O)N1CCN(c2ccc(N(c3ccc(CCCF)cc3)S(=O)[O-])cc2C#N)CC1. The van der Waals surface area contributed by atoms with Crippen LogP contribution in [0.1, 0.15) is 24.5 Å². The second-order valence-corrected chi connectivity index (χ2v) is 8.26. The number of nitrogens with zero attached hydrogens (tertiary/aromatic N) is 4. The van der Waals surface area contributed by atoms with Gasteiger partial charge in [0.15, 0.2) is 0 Å². The molecule has 1 unspecified atom stereocenters. The number of benzene rings is 2. The van der Waals surface area contributed by atoms with E-state index >= 15 is 0 Å². The molecule has 1 fully saturated rings. The number of rotatable bonds is 8.